The van der Waals surface area contributed by atoms with Crippen LogP contribution in [0, 0.1) is 0 Å². The average molecular weight is 329 g/mol. The van der Waals surface area contributed by atoms with Crippen LogP contribution in [0.2, 0.25) is 5.02 Å². The van der Waals surface area contributed by atoms with Gasteiger partial charge in [0.25, 0.3) is 0 Å². The molecule has 0 radical (unpaired) electrons. The second-order valence-corrected chi connectivity index (χ2v) is 4.44. The van der Waals surface area contributed by atoms with Gasteiger partial charge in [-0.05, 0) is 37.6 Å². The Kier molecular flexibility index (Phi) is 7.25. The van der Waals surface area contributed by atoms with Crippen LogP contribution in [-0.2, 0) is 14.3 Å². The van der Waals surface area contributed by atoms with E-state index in [9.17, 15) is 9.59 Å². The van der Waals surface area contributed by atoms with E-state index in [0.29, 0.717) is 17.9 Å². The van der Waals surface area contributed by atoms with Gasteiger partial charge in [-0.1, -0.05) is 11.6 Å². The maximum absolute atomic E-state index is 11.3. The molecule has 0 saturated carbocycles. The van der Waals surface area contributed by atoms with Crippen LogP contribution in [-0.4, -0.2) is 36.9 Å². The van der Waals surface area contributed by atoms with Crippen LogP contribution >= 0.6 is 11.6 Å². The summed E-state index contributed by atoms with van der Waals surface area (Å²) < 4.78 is 15.5. The molecular weight excluding hydrogens is 312 g/mol. The Morgan fingerprint density at radius 1 is 1.23 bits per heavy atom. The molecule has 0 spiro atoms. The lowest BCUT2D eigenvalue weighted by Gasteiger charge is -2.14. The number of benzene rings is 1. The topological polar surface area (TPSA) is 82.1 Å². The van der Waals surface area contributed by atoms with Gasteiger partial charge in [-0.25, -0.2) is 9.59 Å². The summed E-state index contributed by atoms with van der Waals surface area (Å²) in [5.41, 5.74) is 0.541. The lowest BCUT2D eigenvalue weighted by molar-refractivity contribution is -0.145. The predicted molar refractivity (Wildman–Crippen MR) is 81.4 cm³/mol. The van der Waals surface area contributed by atoms with Crippen molar-refractivity contribution in [3.8, 4) is 11.5 Å². The summed E-state index contributed by atoms with van der Waals surface area (Å²) in [6.07, 6.45) is 2.37. The van der Waals surface area contributed by atoms with Gasteiger partial charge in [0.05, 0.1) is 18.2 Å². The first-order valence-corrected chi connectivity index (χ1v) is 7.01. The molecule has 1 rings (SSSR count). The molecule has 7 heteroatoms. The molecule has 0 heterocycles. The molecule has 1 N–H and O–H groups in total. The highest BCUT2D eigenvalue weighted by Crippen LogP contribution is 2.37. The summed E-state index contributed by atoms with van der Waals surface area (Å²) in [7, 11) is 0. The van der Waals surface area contributed by atoms with E-state index < -0.39 is 11.9 Å². The van der Waals surface area contributed by atoms with Gasteiger partial charge in [-0.2, -0.15) is 0 Å². The fraction of sp³-hybridized carbons (Fsp3) is 0.333. The van der Waals surface area contributed by atoms with E-state index in [-0.39, 0.29) is 24.0 Å². The quantitative estimate of drug-likeness (QED) is 0.583. The molecule has 120 valence electrons. The van der Waals surface area contributed by atoms with Crippen molar-refractivity contribution >= 4 is 29.6 Å². The highest BCUT2D eigenvalue weighted by molar-refractivity contribution is 6.32. The summed E-state index contributed by atoms with van der Waals surface area (Å²) in [4.78, 5) is 21.9. The number of carbonyl (C=O) groups is 2. The number of carboxylic acids is 1. The Labute approximate surface area is 133 Å². The number of hydrogen-bond donors (Lipinski definition) is 1. The van der Waals surface area contributed by atoms with Crippen LogP contribution in [0.25, 0.3) is 6.08 Å². The summed E-state index contributed by atoms with van der Waals surface area (Å²) in [5, 5.41) is 8.85. The van der Waals surface area contributed by atoms with E-state index in [1.54, 1.807) is 19.9 Å². The van der Waals surface area contributed by atoms with Crippen LogP contribution < -0.4 is 9.47 Å². The Balaban J connectivity index is 3.00. The van der Waals surface area contributed by atoms with Crippen LogP contribution in [0.3, 0.4) is 0 Å². The third-order valence-corrected chi connectivity index (χ3v) is 2.67. The first kappa shape index (κ1) is 17.8. The molecule has 6 nitrogen and oxygen atoms in total. The first-order chi connectivity index (χ1) is 10.5. The second kappa shape index (κ2) is 8.94. The van der Waals surface area contributed by atoms with Gasteiger partial charge in [-0.15, -0.1) is 0 Å². The van der Waals surface area contributed by atoms with Crippen molar-refractivity contribution in [2.75, 3.05) is 19.8 Å². The minimum atomic E-state index is -1.07. The van der Waals surface area contributed by atoms with E-state index in [1.807, 2.05) is 0 Å². The molecule has 1 aromatic rings. The smallest absolute Gasteiger partial charge is 0.344 e. The number of esters is 1. The van der Waals surface area contributed by atoms with Crippen molar-refractivity contribution < 1.29 is 28.9 Å². The number of halogens is 1. The van der Waals surface area contributed by atoms with E-state index >= 15 is 0 Å². The van der Waals surface area contributed by atoms with Crippen molar-refractivity contribution in [3.05, 3.63) is 28.8 Å². The van der Waals surface area contributed by atoms with Gasteiger partial charge >= 0.3 is 11.9 Å². The van der Waals surface area contributed by atoms with Crippen molar-refractivity contribution in [2.45, 2.75) is 13.8 Å². The fourth-order valence-electron chi connectivity index (χ4n) is 1.59. The number of rotatable bonds is 8. The van der Waals surface area contributed by atoms with Gasteiger partial charge < -0.3 is 19.3 Å². The molecule has 0 amide bonds. The molecule has 0 saturated heterocycles. The van der Waals surface area contributed by atoms with E-state index in [0.717, 1.165) is 6.08 Å². The van der Waals surface area contributed by atoms with Crippen molar-refractivity contribution in [3.63, 3.8) is 0 Å². The molecule has 1 aromatic carbocycles. The third kappa shape index (κ3) is 5.65. The number of carbonyl (C=O) groups excluding carboxylic acids is 1. The maximum atomic E-state index is 11.3. The van der Waals surface area contributed by atoms with Crippen molar-refractivity contribution in [2.24, 2.45) is 0 Å². The molecule has 0 fully saturated rings. The zero-order valence-electron chi connectivity index (χ0n) is 12.3. The van der Waals surface area contributed by atoms with Crippen LogP contribution in [0.1, 0.15) is 19.4 Å². The van der Waals surface area contributed by atoms with Gasteiger partial charge in [0.15, 0.2) is 18.1 Å². The molecule has 0 aliphatic rings. The highest BCUT2D eigenvalue weighted by Gasteiger charge is 2.14. The molecular formula is C15H17ClO6. The predicted octanol–water partition coefficient (Wildman–Crippen LogP) is 2.78. The standard InChI is InChI=1S/C15H17ClO6/c1-3-20-12-8-10(5-6-13(17)18)7-11(16)15(12)22-9-14(19)21-4-2/h5-8H,3-4,9H2,1-2H3,(H,17,18). The number of ether oxygens (including phenoxy) is 3. The van der Waals surface area contributed by atoms with Crippen LogP contribution in [0.5, 0.6) is 11.5 Å². The SMILES string of the molecule is CCOC(=O)COc1c(Cl)cc(C=CC(=O)O)cc1OCC. The zero-order chi connectivity index (χ0) is 16.5. The van der Waals surface area contributed by atoms with Crippen LogP contribution in [0.15, 0.2) is 18.2 Å². The van der Waals surface area contributed by atoms with Crippen molar-refractivity contribution in [1.29, 1.82) is 0 Å². The molecule has 0 aliphatic heterocycles. The lowest BCUT2D eigenvalue weighted by atomic mass is 10.2. The summed E-state index contributed by atoms with van der Waals surface area (Å²) >= 11 is 6.11. The average Bonchev–Trinajstić information content (AvgIpc) is 2.44. The number of hydrogen-bond acceptors (Lipinski definition) is 5. The highest BCUT2D eigenvalue weighted by atomic mass is 35.5. The molecule has 0 aromatic heterocycles. The summed E-state index contributed by atoms with van der Waals surface area (Å²) in [6.45, 7) is 3.80. The van der Waals surface area contributed by atoms with Crippen LogP contribution in [0.4, 0.5) is 0 Å². The fourth-order valence-corrected chi connectivity index (χ4v) is 1.86. The number of carboxylic acid groups (broad SMARTS) is 1. The monoisotopic (exact) mass is 328 g/mol. The normalized spacial score (nSPS) is 10.5. The van der Waals surface area contributed by atoms with E-state index in [4.69, 9.17) is 30.9 Å². The molecule has 0 unspecified atom stereocenters. The summed E-state index contributed by atoms with van der Waals surface area (Å²) in [6, 6.07) is 3.10. The Morgan fingerprint density at radius 2 is 1.95 bits per heavy atom. The van der Waals surface area contributed by atoms with Gasteiger partial charge in [-0.3, -0.25) is 0 Å². The Morgan fingerprint density at radius 3 is 2.55 bits per heavy atom. The zero-order valence-corrected chi connectivity index (χ0v) is 13.1. The van der Waals surface area contributed by atoms with E-state index in [1.165, 1.54) is 12.1 Å². The largest absolute Gasteiger partial charge is 0.490 e. The maximum Gasteiger partial charge on any atom is 0.344 e. The van der Waals surface area contributed by atoms with Gasteiger partial charge in [0.1, 0.15) is 0 Å². The minimum absolute atomic E-state index is 0.209. The number of aliphatic carboxylic acids is 1. The third-order valence-electron chi connectivity index (χ3n) is 2.39. The molecule has 0 atom stereocenters. The second-order valence-electron chi connectivity index (χ2n) is 4.03. The van der Waals surface area contributed by atoms with Gasteiger partial charge in [0, 0.05) is 6.08 Å². The first-order valence-electron chi connectivity index (χ1n) is 6.63. The Bertz CT molecular complexity index is 567. The lowest BCUT2D eigenvalue weighted by Crippen LogP contribution is -2.15. The Hall–Kier alpha value is -2.21. The minimum Gasteiger partial charge on any atom is -0.490 e. The molecule has 22 heavy (non-hydrogen) atoms. The molecule has 0 aliphatic carbocycles. The van der Waals surface area contributed by atoms with Gasteiger partial charge in [0.2, 0.25) is 0 Å². The molecule has 0 bridgehead atoms. The summed E-state index contributed by atoms with van der Waals surface area (Å²) in [5.74, 6) is -1.05. The van der Waals surface area contributed by atoms with E-state index in [2.05, 4.69) is 0 Å². The van der Waals surface area contributed by atoms with Crippen molar-refractivity contribution in [1.82, 2.24) is 0 Å².